The van der Waals surface area contributed by atoms with Crippen molar-refractivity contribution in [1.82, 2.24) is 4.31 Å². The van der Waals surface area contributed by atoms with Gasteiger partial charge in [-0.1, -0.05) is 42.0 Å². The highest BCUT2D eigenvalue weighted by molar-refractivity contribution is 7.89. The Morgan fingerprint density at radius 2 is 1.60 bits per heavy atom. The molecule has 7 heteroatoms. The number of anilines is 1. The zero-order valence-electron chi connectivity index (χ0n) is 16.4. The first-order valence-electron chi connectivity index (χ1n) is 9.60. The molecule has 0 aliphatic carbocycles. The molecule has 0 fully saturated rings. The summed E-state index contributed by atoms with van der Waals surface area (Å²) in [6, 6.07) is 19.4. The van der Waals surface area contributed by atoms with Gasteiger partial charge in [0.2, 0.25) is 15.9 Å². The monoisotopic (exact) mass is 422 g/mol. The molecule has 6 nitrogen and oxygen atoms in total. The maximum atomic E-state index is 13.4. The van der Waals surface area contributed by atoms with Gasteiger partial charge in [-0.15, -0.1) is 0 Å². The number of nitrogens with zero attached hydrogens (tertiary/aromatic N) is 1. The molecule has 3 aromatic carbocycles. The summed E-state index contributed by atoms with van der Waals surface area (Å²) in [5.74, 6) is -0.325. The molecule has 1 heterocycles. The van der Waals surface area contributed by atoms with Gasteiger partial charge >= 0.3 is 0 Å². The second-order valence-corrected chi connectivity index (χ2v) is 9.28. The van der Waals surface area contributed by atoms with Crippen LogP contribution >= 0.6 is 0 Å². The molecule has 0 bridgehead atoms. The number of phenols is 1. The summed E-state index contributed by atoms with van der Waals surface area (Å²) in [4.78, 5) is 13.3. The van der Waals surface area contributed by atoms with Gasteiger partial charge < -0.3 is 10.4 Å². The normalized spacial score (nSPS) is 16.6. The SMILES string of the molecule is Cc1ccc(S(=O)(=O)N2Cc3ccccc3CC2C(=O)Nc2ccc(O)cc2)cc1. The van der Waals surface area contributed by atoms with Crippen molar-refractivity contribution < 1.29 is 18.3 Å². The van der Waals surface area contributed by atoms with Crippen LogP contribution in [0.1, 0.15) is 16.7 Å². The van der Waals surface area contributed by atoms with E-state index in [2.05, 4.69) is 5.32 Å². The molecule has 0 spiro atoms. The van der Waals surface area contributed by atoms with E-state index in [-0.39, 0.29) is 23.6 Å². The zero-order valence-corrected chi connectivity index (χ0v) is 17.3. The van der Waals surface area contributed by atoms with E-state index in [1.165, 1.54) is 16.4 Å². The van der Waals surface area contributed by atoms with Crippen LogP contribution in [0.4, 0.5) is 5.69 Å². The molecule has 0 saturated heterocycles. The van der Waals surface area contributed by atoms with Crippen molar-refractivity contribution in [3.8, 4) is 5.75 Å². The van der Waals surface area contributed by atoms with Gasteiger partial charge in [0.1, 0.15) is 11.8 Å². The highest BCUT2D eigenvalue weighted by Crippen LogP contribution is 2.30. The molecule has 4 rings (SSSR count). The predicted octanol–water partition coefficient (Wildman–Crippen LogP) is 3.45. The second-order valence-electron chi connectivity index (χ2n) is 7.39. The summed E-state index contributed by atoms with van der Waals surface area (Å²) < 4.78 is 28.1. The van der Waals surface area contributed by atoms with Gasteiger partial charge in [-0.05, 0) is 60.9 Å². The predicted molar refractivity (Wildman–Crippen MR) is 115 cm³/mol. The summed E-state index contributed by atoms with van der Waals surface area (Å²) in [6.07, 6.45) is 0.283. The minimum absolute atomic E-state index is 0.0863. The van der Waals surface area contributed by atoms with Crippen LogP contribution in [0.15, 0.2) is 77.7 Å². The number of benzene rings is 3. The first kappa shape index (κ1) is 20.1. The van der Waals surface area contributed by atoms with Crippen LogP contribution in [-0.2, 0) is 27.8 Å². The van der Waals surface area contributed by atoms with Gasteiger partial charge in [-0.2, -0.15) is 4.31 Å². The van der Waals surface area contributed by atoms with Crippen LogP contribution in [0.2, 0.25) is 0 Å². The Morgan fingerprint density at radius 3 is 2.27 bits per heavy atom. The molecule has 1 atom stereocenters. The summed E-state index contributed by atoms with van der Waals surface area (Å²) in [5.41, 5.74) is 3.30. The maximum absolute atomic E-state index is 13.4. The average Bonchev–Trinajstić information content (AvgIpc) is 2.74. The first-order valence-corrected chi connectivity index (χ1v) is 11.0. The summed E-state index contributed by atoms with van der Waals surface area (Å²) in [5, 5.41) is 12.2. The Hall–Kier alpha value is -3.16. The van der Waals surface area contributed by atoms with Crippen molar-refractivity contribution in [2.45, 2.75) is 30.8 Å². The third-order valence-corrected chi connectivity index (χ3v) is 7.14. The number of amides is 1. The van der Waals surface area contributed by atoms with Crippen molar-refractivity contribution in [2.24, 2.45) is 0 Å². The number of hydrogen-bond acceptors (Lipinski definition) is 4. The van der Waals surface area contributed by atoms with Crippen LogP contribution in [0, 0.1) is 6.92 Å². The van der Waals surface area contributed by atoms with Gasteiger partial charge in [-0.25, -0.2) is 8.42 Å². The van der Waals surface area contributed by atoms with Gasteiger partial charge in [-0.3, -0.25) is 4.79 Å². The lowest BCUT2D eigenvalue weighted by Crippen LogP contribution is -2.50. The molecule has 1 aliphatic heterocycles. The lowest BCUT2D eigenvalue weighted by atomic mass is 9.95. The van der Waals surface area contributed by atoms with Crippen LogP contribution in [0.25, 0.3) is 0 Å². The van der Waals surface area contributed by atoms with Gasteiger partial charge in [0.25, 0.3) is 0 Å². The number of carbonyl (C=O) groups excluding carboxylic acids is 1. The largest absolute Gasteiger partial charge is 0.508 e. The van der Waals surface area contributed by atoms with Crippen LogP contribution < -0.4 is 5.32 Å². The highest BCUT2D eigenvalue weighted by Gasteiger charge is 2.39. The fourth-order valence-corrected chi connectivity index (χ4v) is 5.16. The van der Waals surface area contributed by atoms with E-state index in [4.69, 9.17) is 0 Å². The quantitative estimate of drug-likeness (QED) is 0.631. The van der Waals surface area contributed by atoms with E-state index in [1.54, 1.807) is 36.4 Å². The highest BCUT2D eigenvalue weighted by atomic mass is 32.2. The molecule has 3 aromatic rings. The Morgan fingerprint density at radius 1 is 0.967 bits per heavy atom. The Labute approximate surface area is 175 Å². The number of aryl methyl sites for hydroxylation is 1. The van der Waals surface area contributed by atoms with E-state index in [0.717, 1.165) is 16.7 Å². The second kappa shape index (κ2) is 7.93. The standard InChI is InChI=1S/C23H22N2O4S/c1-16-6-12-21(13-7-16)30(28,29)25-15-18-5-3-2-4-17(18)14-22(25)23(27)24-19-8-10-20(26)11-9-19/h2-13,22,26H,14-15H2,1H3,(H,24,27). The van der Waals surface area contributed by atoms with E-state index < -0.39 is 22.0 Å². The average molecular weight is 423 g/mol. The number of carbonyl (C=O) groups is 1. The van der Waals surface area contributed by atoms with Crippen LogP contribution in [0.3, 0.4) is 0 Å². The topological polar surface area (TPSA) is 86.7 Å². The smallest absolute Gasteiger partial charge is 0.244 e. The minimum Gasteiger partial charge on any atom is -0.508 e. The Kier molecular flexibility index (Phi) is 5.32. The third kappa shape index (κ3) is 3.94. The van der Waals surface area contributed by atoms with Crippen molar-refractivity contribution in [1.29, 1.82) is 0 Å². The van der Waals surface area contributed by atoms with E-state index in [1.807, 2.05) is 31.2 Å². The molecule has 1 amide bonds. The summed E-state index contributed by atoms with van der Waals surface area (Å²) >= 11 is 0. The van der Waals surface area contributed by atoms with E-state index in [0.29, 0.717) is 5.69 Å². The van der Waals surface area contributed by atoms with Gasteiger partial charge in [0, 0.05) is 12.2 Å². The zero-order chi connectivity index (χ0) is 21.3. The Bertz CT molecular complexity index is 1170. The molecule has 154 valence electrons. The number of sulfonamides is 1. The molecule has 1 unspecified atom stereocenters. The number of nitrogens with one attached hydrogen (secondary N) is 1. The fraction of sp³-hybridized carbons (Fsp3) is 0.174. The summed E-state index contributed by atoms with van der Waals surface area (Å²) in [7, 11) is -3.88. The van der Waals surface area contributed by atoms with Crippen molar-refractivity contribution >= 4 is 21.6 Å². The van der Waals surface area contributed by atoms with Gasteiger partial charge in [0.05, 0.1) is 4.90 Å². The minimum atomic E-state index is -3.88. The number of rotatable bonds is 4. The number of aromatic hydroxyl groups is 1. The molecule has 2 N–H and O–H groups in total. The maximum Gasteiger partial charge on any atom is 0.244 e. The summed E-state index contributed by atoms with van der Waals surface area (Å²) in [6.45, 7) is 2.02. The van der Waals surface area contributed by atoms with Crippen molar-refractivity contribution in [2.75, 3.05) is 5.32 Å². The third-order valence-electron chi connectivity index (χ3n) is 5.27. The molecule has 1 aliphatic rings. The molecule has 0 saturated carbocycles. The van der Waals surface area contributed by atoms with Gasteiger partial charge in [0.15, 0.2) is 0 Å². The van der Waals surface area contributed by atoms with Crippen molar-refractivity contribution in [3.05, 3.63) is 89.5 Å². The van der Waals surface area contributed by atoms with Crippen molar-refractivity contribution in [3.63, 3.8) is 0 Å². The van der Waals surface area contributed by atoms with E-state index in [9.17, 15) is 18.3 Å². The molecular formula is C23H22N2O4S. The van der Waals surface area contributed by atoms with E-state index >= 15 is 0 Å². The van der Waals surface area contributed by atoms with Crippen LogP contribution in [0.5, 0.6) is 5.75 Å². The number of fused-ring (bicyclic) bond motifs is 1. The fourth-order valence-electron chi connectivity index (χ4n) is 3.59. The molecule has 30 heavy (non-hydrogen) atoms. The lowest BCUT2D eigenvalue weighted by molar-refractivity contribution is -0.120. The molecular weight excluding hydrogens is 400 g/mol. The van der Waals surface area contributed by atoms with Crippen LogP contribution in [-0.4, -0.2) is 29.8 Å². The molecule has 0 radical (unpaired) electrons. The number of hydrogen-bond donors (Lipinski definition) is 2. The lowest BCUT2D eigenvalue weighted by Gasteiger charge is -2.35. The Balaban J connectivity index is 1.70. The first-order chi connectivity index (χ1) is 14.3. The molecule has 0 aromatic heterocycles. The number of phenolic OH excluding ortho intramolecular Hbond substituents is 1.